The Morgan fingerprint density at radius 3 is 2.43 bits per heavy atom. The van der Waals surface area contributed by atoms with Crippen molar-refractivity contribution < 1.29 is 5.11 Å². The number of hydrogen-bond acceptors (Lipinski definition) is 1. The largest absolute Gasteiger partial charge is 0.392 e. The van der Waals surface area contributed by atoms with E-state index in [1.807, 2.05) is 0 Å². The number of halogens is 1. The smallest absolute Gasteiger partial charge is 0.0649 e. The molecule has 0 radical (unpaired) electrons. The lowest BCUT2D eigenvalue weighted by atomic mass is 10.1. The first kappa shape index (κ1) is 14.0. The molecule has 0 bridgehead atoms. The molecule has 0 aliphatic rings. The Labute approximate surface area is 96.4 Å². The Morgan fingerprint density at radius 2 is 1.79 bits per heavy atom. The highest BCUT2D eigenvalue weighted by Crippen LogP contribution is 2.09. The molecule has 0 heterocycles. The Hall–Kier alpha value is 0. The van der Waals surface area contributed by atoms with Gasteiger partial charge in [-0.2, -0.15) is 0 Å². The molecule has 0 spiro atoms. The van der Waals surface area contributed by atoms with Crippen molar-refractivity contribution in [1.29, 1.82) is 0 Å². The molecule has 1 nitrogen and oxygen atoms in total. The van der Waals surface area contributed by atoms with E-state index >= 15 is 0 Å². The van der Waals surface area contributed by atoms with E-state index in [4.69, 9.17) is 0 Å². The fourth-order valence-corrected chi connectivity index (χ4v) is 1.58. The van der Waals surface area contributed by atoms with Crippen LogP contribution in [0.25, 0.3) is 0 Å². The molecule has 0 saturated carbocycles. The van der Waals surface area contributed by atoms with Crippen LogP contribution in [-0.2, 0) is 0 Å². The van der Waals surface area contributed by atoms with E-state index in [1.54, 1.807) is 0 Å². The summed E-state index contributed by atoms with van der Waals surface area (Å²) in [5.74, 6) is 2.83. The van der Waals surface area contributed by atoms with Crippen LogP contribution in [0, 0.1) is 10.8 Å². The lowest BCUT2D eigenvalue weighted by Crippen LogP contribution is -2.04. The molecular formula is C12H21BrO. The normalized spacial score (nSPS) is 11.9. The SMILES string of the molecule is CCCCCCCCC(O)CC#CBr. The lowest BCUT2D eigenvalue weighted by molar-refractivity contribution is 0.166. The van der Waals surface area contributed by atoms with Crippen LogP contribution in [0.4, 0.5) is 0 Å². The number of aliphatic hydroxyl groups is 1. The summed E-state index contributed by atoms with van der Waals surface area (Å²) in [4.78, 5) is 2.62. The first-order chi connectivity index (χ1) is 6.81. The molecule has 82 valence electrons. The Morgan fingerprint density at radius 1 is 1.14 bits per heavy atom. The Bertz CT molecular complexity index is 169. The monoisotopic (exact) mass is 260 g/mol. The molecule has 0 aromatic heterocycles. The second-order valence-electron chi connectivity index (χ2n) is 3.69. The van der Waals surface area contributed by atoms with Crippen molar-refractivity contribution >= 4 is 15.9 Å². The zero-order valence-corrected chi connectivity index (χ0v) is 10.6. The van der Waals surface area contributed by atoms with Gasteiger partial charge in [0.25, 0.3) is 0 Å². The van der Waals surface area contributed by atoms with E-state index in [2.05, 4.69) is 33.6 Å². The molecule has 0 amide bonds. The molecule has 0 fully saturated rings. The molecule has 1 N–H and O–H groups in total. The maximum atomic E-state index is 9.46. The third kappa shape index (κ3) is 10.1. The molecule has 14 heavy (non-hydrogen) atoms. The summed E-state index contributed by atoms with van der Waals surface area (Å²) in [6.07, 6.45) is 8.94. The minimum absolute atomic E-state index is 0.230. The van der Waals surface area contributed by atoms with Gasteiger partial charge in [0.2, 0.25) is 0 Å². The van der Waals surface area contributed by atoms with Crippen LogP contribution in [0.5, 0.6) is 0 Å². The second-order valence-corrected chi connectivity index (χ2v) is 4.08. The van der Waals surface area contributed by atoms with Crippen molar-refractivity contribution in [2.45, 2.75) is 64.4 Å². The van der Waals surface area contributed by atoms with Gasteiger partial charge in [0.1, 0.15) is 0 Å². The molecule has 1 unspecified atom stereocenters. The van der Waals surface area contributed by atoms with Crippen molar-refractivity contribution in [2.75, 3.05) is 0 Å². The van der Waals surface area contributed by atoms with Gasteiger partial charge in [-0.1, -0.05) is 51.4 Å². The third-order valence-corrected chi connectivity index (χ3v) is 2.58. The van der Waals surface area contributed by atoms with E-state index in [1.165, 1.54) is 32.1 Å². The third-order valence-electron chi connectivity index (χ3n) is 2.30. The van der Waals surface area contributed by atoms with E-state index in [0.29, 0.717) is 6.42 Å². The highest BCUT2D eigenvalue weighted by atomic mass is 79.9. The van der Waals surface area contributed by atoms with E-state index < -0.39 is 0 Å². The van der Waals surface area contributed by atoms with Gasteiger partial charge in [-0.15, -0.1) is 0 Å². The van der Waals surface area contributed by atoms with Crippen LogP contribution in [0.15, 0.2) is 0 Å². The van der Waals surface area contributed by atoms with Gasteiger partial charge in [-0.25, -0.2) is 0 Å². The topological polar surface area (TPSA) is 20.2 Å². The zero-order valence-electron chi connectivity index (χ0n) is 9.06. The average molecular weight is 261 g/mol. The van der Waals surface area contributed by atoms with Gasteiger partial charge in [-0.05, 0) is 11.3 Å². The van der Waals surface area contributed by atoms with Gasteiger partial charge in [0.15, 0.2) is 0 Å². The minimum Gasteiger partial charge on any atom is -0.392 e. The highest BCUT2D eigenvalue weighted by molar-refractivity contribution is 9.12. The van der Waals surface area contributed by atoms with Crippen LogP contribution in [0.3, 0.4) is 0 Å². The van der Waals surface area contributed by atoms with Gasteiger partial charge in [0.05, 0.1) is 6.10 Å². The van der Waals surface area contributed by atoms with E-state index in [-0.39, 0.29) is 6.10 Å². The van der Waals surface area contributed by atoms with Gasteiger partial charge in [-0.3, -0.25) is 0 Å². The van der Waals surface area contributed by atoms with Crippen LogP contribution in [0.2, 0.25) is 0 Å². The summed E-state index contributed by atoms with van der Waals surface area (Å²) < 4.78 is 0. The standard InChI is InChI=1S/C12H21BrO/c1-2-3-4-5-6-7-9-12(14)10-8-11-13/h12,14H,2-7,9-10H2,1H3. The number of rotatable bonds is 8. The molecule has 0 saturated heterocycles. The molecule has 0 aliphatic heterocycles. The van der Waals surface area contributed by atoms with Crippen molar-refractivity contribution in [3.63, 3.8) is 0 Å². The zero-order chi connectivity index (χ0) is 10.6. The maximum Gasteiger partial charge on any atom is 0.0649 e. The molecule has 0 aromatic carbocycles. The summed E-state index contributed by atoms with van der Waals surface area (Å²) in [6, 6.07) is 0. The fourth-order valence-electron chi connectivity index (χ4n) is 1.42. The molecular weight excluding hydrogens is 240 g/mol. The first-order valence-electron chi connectivity index (χ1n) is 5.57. The van der Waals surface area contributed by atoms with Crippen molar-refractivity contribution in [1.82, 2.24) is 0 Å². The summed E-state index contributed by atoms with van der Waals surface area (Å²) in [7, 11) is 0. The van der Waals surface area contributed by atoms with Crippen molar-refractivity contribution in [3.8, 4) is 10.8 Å². The van der Waals surface area contributed by atoms with E-state index in [0.717, 1.165) is 12.8 Å². The van der Waals surface area contributed by atoms with Crippen molar-refractivity contribution in [2.24, 2.45) is 0 Å². The van der Waals surface area contributed by atoms with Crippen molar-refractivity contribution in [3.05, 3.63) is 0 Å². The van der Waals surface area contributed by atoms with Crippen LogP contribution < -0.4 is 0 Å². The minimum atomic E-state index is -0.230. The molecule has 2 heteroatoms. The lowest BCUT2D eigenvalue weighted by Gasteiger charge is -2.05. The van der Waals surface area contributed by atoms with Crippen LogP contribution in [-0.4, -0.2) is 11.2 Å². The van der Waals surface area contributed by atoms with Gasteiger partial charge in [0, 0.05) is 22.4 Å². The molecule has 0 aliphatic carbocycles. The Balaban J connectivity index is 3.13. The predicted octanol–water partition coefficient (Wildman–Crippen LogP) is 3.84. The predicted molar refractivity (Wildman–Crippen MR) is 65.3 cm³/mol. The van der Waals surface area contributed by atoms with Crippen LogP contribution in [0.1, 0.15) is 58.3 Å². The number of hydrogen-bond donors (Lipinski definition) is 1. The molecule has 1 atom stereocenters. The number of unbranched alkanes of at least 4 members (excludes halogenated alkanes) is 5. The Kier molecular flexibility index (Phi) is 11.1. The average Bonchev–Trinajstić information content (AvgIpc) is 2.20. The molecule has 0 aromatic rings. The second kappa shape index (κ2) is 11.1. The first-order valence-corrected chi connectivity index (χ1v) is 6.37. The quantitative estimate of drug-likeness (QED) is 0.520. The summed E-state index contributed by atoms with van der Waals surface area (Å²) in [5, 5.41) is 9.46. The van der Waals surface area contributed by atoms with Gasteiger partial charge < -0.3 is 5.11 Å². The summed E-state index contributed by atoms with van der Waals surface area (Å²) >= 11 is 3.02. The maximum absolute atomic E-state index is 9.46. The highest BCUT2D eigenvalue weighted by Gasteiger charge is 2.00. The fraction of sp³-hybridized carbons (Fsp3) is 0.833. The molecule has 0 rings (SSSR count). The van der Waals surface area contributed by atoms with E-state index in [9.17, 15) is 5.11 Å². The van der Waals surface area contributed by atoms with Gasteiger partial charge >= 0.3 is 0 Å². The summed E-state index contributed by atoms with van der Waals surface area (Å²) in [5.41, 5.74) is 0. The van der Waals surface area contributed by atoms with Crippen LogP contribution >= 0.6 is 15.9 Å². The number of aliphatic hydroxyl groups excluding tert-OH is 1. The summed E-state index contributed by atoms with van der Waals surface area (Å²) in [6.45, 7) is 2.22.